The first-order valence-electron chi connectivity index (χ1n) is 12.6. The van der Waals surface area contributed by atoms with Crippen molar-refractivity contribution in [2.45, 2.75) is 13.1 Å². The maximum absolute atomic E-state index is 9.80. The number of fused-ring (bicyclic) bond motifs is 2. The summed E-state index contributed by atoms with van der Waals surface area (Å²) in [6, 6.07) is 16.2. The number of benzene rings is 2. The van der Waals surface area contributed by atoms with Crippen LogP contribution in [0.25, 0.3) is 33.2 Å². The van der Waals surface area contributed by atoms with Crippen molar-refractivity contribution in [3.63, 3.8) is 0 Å². The van der Waals surface area contributed by atoms with Gasteiger partial charge in [0.15, 0.2) is 5.65 Å². The molecule has 4 heterocycles. The van der Waals surface area contributed by atoms with Crippen LogP contribution in [0.5, 0.6) is 0 Å². The minimum absolute atomic E-state index is 0.354. The Balaban J connectivity index is 1.26. The van der Waals surface area contributed by atoms with Crippen molar-refractivity contribution < 1.29 is 9.11 Å². The molecule has 2 aromatic carbocycles. The summed E-state index contributed by atoms with van der Waals surface area (Å²) in [7, 11) is -2.41. The van der Waals surface area contributed by atoms with Crippen LogP contribution in [0.3, 0.4) is 0 Å². The lowest BCUT2D eigenvalue weighted by molar-refractivity contribution is 0.317. The van der Waals surface area contributed by atoms with E-state index < -0.39 is 10.6 Å². The standard InChI is InChI=1S/C28H28ClN7O2S/c29-23-6-2-1-5-22(23)18-35-12-9-20-17-21(7-8-24(20)35)26-25-27(30)31-19-32-28(25)36(33-26)11-4-3-10-34-13-15-39(37,38)16-14-34/h1-2,5-9,12,17,19,37-38H,10-11,13-16,18H2,(H2,30,31,32). The lowest BCUT2D eigenvalue weighted by Gasteiger charge is -2.40. The number of halogens is 1. The summed E-state index contributed by atoms with van der Waals surface area (Å²) in [4.78, 5) is 10.8. The first kappa shape index (κ1) is 25.7. The van der Waals surface area contributed by atoms with E-state index in [1.165, 1.54) is 6.33 Å². The fourth-order valence-corrected chi connectivity index (χ4v) is 6.36. The molecule has 1 aliphatic rings. The highest BCUT2D eigenvalue weighted by Gasteiger charge is 2.21. The zero-order valence-electron chi connectivity index (χ0n) is 21.2. The molecule has 0 bridgehead atoms. The number of rotatable bonds is 5. The molecule has 39 heavy (non-hydrogen) atoms. The van der Waals surface area contributed by atoms with Gasteiger partial charge in [-0.25, -0.2) is 14.6 Å². The maximum atomic E-state index is 9.80. The van der Waals surface area contributed by atoms with Crippen LogP contribution < -0.4 is 5.73 Å². The molecule has 9 nitrogen and oxygen atoms in total. The smallest absolute Gasteiger partial charge is 0.164 e. The summed E-state index contributed by atoms with van der Waals surface area (Å²) < 4.78 is 23.5. The molecule has 5 aromatic rings. The van der Waals surface area contributed by atoms with Crippen LogP contribution in [0.2, 0.25) is 5.02 Å². The van der Waals surface area contributed by atoms with E-state index in [-0.39, 0.29) is 0 Å². The predicted octanol–water partition coefficient (Wildman–Crippen LogP) is 4.80. The van der Waals surface area contributed by atoms with Crippen LogP contribution in [0.1, 0.15) is 5.56 Å². The molecular formula is C28H28ClN7O2S. The molecule has 0 atom stereocenters. The fraction of sp³-hybridized carbons (Fsp3) is 0.250. The third-order valence-electron chi connectivity index (χ3n) is 7.03. The molecule has 0 amide bonds. The van der Waals surface area contributed by atoms with Crippen LogP contribution >= 0.6 is 22.2 Å². The van der Waals surface area contributed by atoms with Gasteiger partial charge < -0.3 is 10.3 Å². The second-order valence-electron chi connectivity index (χ2n) is 9.61. The molecule has 200 valence electrons. The first-order valence-corrected chi connectivity index (χ1v) is 14.9. The molecule has 0 spiro atoms. The van der Waals surface area contributed by atoms with Gasteiger partial charge in [-0.2, -0.15) is 15.7 Å². The Morgan fingerprint density at radius 1 is 1.00 bits per heavy atom. The largest absolute Gasteiger partial charge is 0.383 e. The third kappa shape index (κ3) is 5.32. The monoisotopic (exact) mass is 561 g/mol. The quantitative estimate of drug-likeness (QED) is 0.264. The summed E-state index contributed by atoms with van der Waals surface area (Å²) in [5.74, 6) is 7.56. The summed E-state index contributed by atoms with van der Waals surface area (Å²) in [5.41, 5.74) is 10.7. The van der Waals surface area contributed by atoms with Gasteiger partial charge in [-0.1, -0.05) is 47.7 Å². The van der Waals surface area contributed by atoms with Crippen molar-refractivity contribution in [3.8, 4) is 23.1 Å². The average Bonchev–Trinajstić information content (AvgIpc) is 3.50. The number of aromatic nitrogens is 5. The SMILES string of the molecule is Nc1ncnc2c1c(-c1ccc3c(ccn3Cc3ccccc3Cl)c1)nn2CC#CCN1CCS(O)(O)CC1. The number of hydrogen-bond donors (Lipinski definition) is 3. The second-order valence-corrected chi connectivity index (χ2v) is 12.4. The Bertz CT molecular complexity index is 1730. The molecule has 4 N–H and O–H groups in total. The summed E-state index contributed by atoms with van der Waals surface area (Å²) in [6.45, 7) is 2.88. The Hall–Kier alpha value is -3.59. The highest BCUT2D eigenvalue weighted by Crippen LogP contribution is 2.40. The molecule has 0 unspecified atom stereocenters. The predicted molar refractivity (Wildman–Crippen MR) is 158 cm³/mol. The molecule has 1 saturated heterocycles. The Kier molecular flexibility index (Phi) is 6.93. The van der Waals surface area contributed by atoms with E-state index in [2.05, 4.69) is 55.7 Å². The van der Waals surface area contributed by atoms with Crippen LogP contribution in [-0.4, -0.2) is 69.5 Å². The Labute approximate surface area is 232 Å². The van der Waals surface area contributed by atoms with E-state index in [1.807, 2.05) is 30.3 Å². The van der Waals surface area contributed by atoms with Crippen LogP contribution in [-0.2, 0) is 13.1 Å². The molecule has 1 aliphatic heterocycles. The van der Waals surface area contributed by atoms with E-state index in [0.717, 1.165) is 27.1 Å². The fourth-order valence-electron chi connectivity index (χ4n) is 4.86. The van der Waals surface area contributed by atoms with Gasteiger partial charge in [0.05, 0.1) is 23.4 Å². The van der Waals surface area contributed by atoms with Crippen molar-refractivity contribution >= 4 is 49.9 Å². The van der Waals surface area contributed by atoms with Crippen molar-refractivity contribution in [1.29, 1.82) is 0 Å². The zero-order valence-corrected chi connectivity index (χ0v) is 22.7. The molecule has 3 aromatic heterocycles. The lowest BCUT2D eigenvalue weighted by atomic mass is 10.1. The average molecular weight is 562 g/mol. The number of anilines is 1. The number of hydrogen-bond acceptors (Lipinski definition) is 7. The lowest BCUT2D eigenvalue weighted by Crippen LogP contribution is -2.38. The van der Waals surface area contributed by atoms with Crippen molar-refractivity contribution in [2.24, 2.45) is 0 Å². The van der Waals surface area contributed by atoms with E-state index >= 15 is 0 Å². The highest BCUT2D eigenvalue weighted by molar-refractivity contribution is 8.24. The van der Waals surface area contributed by atoms with Gasteiger partial charge in [-0.3, -0.25) is 14.0 Å². The van der Waals surface area contributed by atoms with E-state index in [0.29, 0.717) is 66.8 Å². The van der Waals surface area contributed by atoms with Gasteiger partial charge in [-0.05, 0) is 29.8 Å². The van der Waals surface area contributed by atoms with E-state index in [9.17, 15) is 9.11 Å². The van der Waals surface area contributed by atoms with Crippen LogP contribution in [0.4, 0.5) is 5.82 Å². The number of nitrogen functional groups attached to an aromatic ring is 1. The topological polar surface area (TPSA) is 118 Å². The molecular weight excluding hydrogens is 534 g/mol. The minimum atomic E-state index is -2.41. The van der Waals surface area contributed by atoms with Gasteiger partial charge in [0.2, 0.25) is 0 Å². The number of nitrogens with zero attached hydrogens (tertiary/aromatic N) is 6. The molecule has 1 fully saturated rings. The third-order valence-corrected chi connectivity index (χ3v) is 9.07. The van der Waals surface area contributed by atoms with Gasteiger partial charge >= 0.3 is 0 Å². The Morgan fingerprint density at radius 3 is 2.62 bits per heavy atom. The minimum Gasteiger partial charge on any atom is -0.383 e. The summed E-state index contributed by atoms with van der Waals surface area (Å²) in [5, 5.41) is 7.38. The van der Waals surface area contributed by atoms with Crippen LogP contribution in [0.15, 0.2) is 61.1 Å². The molecule has 0 aliphatic carbocycles. The molecule has 6 rings (SSSR count). The highest BCUT2D eigenvalue weighted by atomic mass is 35.5. The summed E-state index contributed by atoms with van der Waals surface area (Å²) in [6.07, 6.45) is 3.50. The van der Waals surface area contributed by atoms with Crippen molar-refractivity contribution in [2.75, 3.05) is 36.9 Å². The van der Waals surface area contributed by atoms with Gasteiger partial charge in [-0.15, -0.1) is 0 Å². The van der Waals surface area contributed by atoms with Crippen LogP contribution in [0, 0.1) is 11.8 Å². The zero-order chi connectivity index (χ0) is 27.0. The first-order chi connectivity index (χ1) is 18.9. The van der Waals surface area contributed by atoms with Gasteiger partial charge in [0.25, 0.3) is 0 Å². The Morgan fingerprint density at radius 2 is 1.79 bits per heavy atom. The maximum Gasteiger partial charge on any atom is 0.164 e. The van der Waals surface area contributed by atoms with Gasteiger partial charge in [0.1, 0.15) is 24.4 Å². The van der Waals surface area contributed by atoms with Crippen molar-refractivity contribution in [1.82, 2.24) is 29.2 Å². The van der Waals surface area contributed by atoms with E-state index in [1.54, 1.807) is 4.68 Å². The van der Waals surface area contributed by atoms with Gasteiger partial charge in [0, 0.05) is 47.3 Å². The number of nitrogens with two attached hydrogens (primary N) is 1. The van der Waals surface area contributed by atoms with E-state index in [4.69, 9.17) is 22.4 Å². The molecule has 0 saturated carbocycles. The molecule has 11 heteroatoms. The molecule has 0 radical (unpaired) electrons. The summed E-state index contributed by atoms with van der Waals surface area (Å²) >= 11 is 6.39. The normalized spacial score (nSPS) is 16.3. The second kappa shape index (κ2) is 10.5. The van der Waals surface area contributed by atoms with Crippen molar-refractivity contribution in [3.05, 3.63) is 71.6 Å².